The molecule has 104 valence electrons. The summed E-state index contributed by atoms with van der Waals surface area (Å²) in [5.74, 6) is -0.398. The van der Waals surface area contributed by atoms with E-state index in [1.807, 2.05) is 20.8 Å². The average Bonchev–Trinajstić information content (AvgIpc) is 2.23. The summed E-state index contributed by atoms with van der Waals surface area (Å²) in [6.45, 7) is 5.34. The van der Waals surface area contributed by atoms with Gasteiger partial charge in [0.2, 0.25) is 16.9 Å². The van der Waals surface area contributed by atoms with Crippen LogP contribution in [0.25, 0.3) is 0 Å². The van der Waals surface area contributed by atoms with Crippen LogP contribution in [0.2, 0.25) is 5.15 Å². The lowest BCUT2D eigenvalue weighted by molar-refractivity contribution is -0.384. The molecule has 1 aromatic rings. The van der Waals surface area contributed by atoms with Crippen LogP contribution < -0.4 is 10.6 Å². The molecule has 0 unspecified atom stereocenters. The lowest BCUT2D eigenvalue weighted by atomic mass is 10.1. The first-order valence-electron chi connectivity index (χ1n) is 5.40. The van der Waals surface area contributed by atoms with Crippen molar-refractivity contribution >= 4 is 29.0 Å². The van der Waals surface area contributed by atoms with Gasteiger partial charge in [-0.25, -0.2) is 9.97 Å². The molecule has 0 aliphatic rings. The van der Waals surface area contributed by atoms with Crippen LogP contribution in [0, 0.1) is 10.1 Å². The van der Waals surface area contributed by atoms with E-state index >= 15 is 0 Å². The fraction of sp³-hybridized carbons (Fsp3) is 0.500. The van der Waals surface area contributed by atoms with Crippen molar-refractivity contribution in [2.45, 2.75) is 26.3 Å². The number of halogens is 1. The molecule has 0 fully saturated rings. The van der Waals surface area contributed by atoms with Crippen molar-refractivity contribution < 1.29 is 9.72 Å². The predicted molar refractivity (Wildman–Crippen MR) is 70.1 cm³/mol. The SMILES string of the molecule is CC(C)(C)NC(=O)CNc1ncnc(Cl)c1[N+](=O)[O-]. The number of rotatable bonds is 4. The quantitative estimate of drug-likeness (QED) is 0.491. The Labute approximate surface area is 114 Å². The molecule has 0 bridgehead atoms. The molecule has 0 spiro atoms. The number of anilines is 1. The number of nitrogens with zero attached hydrogens (tertiary/aromatic N) is 3. The van der Waals surface area contributed by atoms with Crippen molar-refractivity contribution in [3.05, 3.63) is 21.6 Å². The maximum absolute atomic E-state index is 11.6. The first kappa shape index (κ1) is 15.1. The molecule has 1 rings (SSSR count). The highest BCUT2D eigenvalue weighted by atomic mass is 35.5. The van der Waals surface area contributed by atoms with Crippen LogP contribution in [0.3, 0.4) is 0 Å². The Morgan fingerprint density at radius 3 is 2.63 bits per heavy atom. The highest BCUT2D eigenvalue weighted by Crippen LogP contribution is 2.27. The summed E-state index contributed by atoms with van der Waals surface area (Å²) < 4.78 is 0. The maximum atomic E-state index is 11.6. The van der Waals surface area contributed by atoms with Crippen LogP contribution in [0.4, 0.5) is 11.5 Å². The molecule has 0 aliphatic heterocycles. The minimum absolute atomic E-state index is 0.0888. The van der Waals surface area contributed by atoms with Gasteiger partial charge in [0.05, 0.1) is 11.5 Å². The molecule has 0 aromatic carbocycles. The lowest BCUT2D eigenvalue weighted by Gasteiger charge is -2.20. The number of hydrogen-bond donors (Lipinski definition) is 2. The third kappa shape index (κ3) is 4.66. The van der Waals surface area contributed by atoms with Crippen molar-refractivity contribution in [3.63, 3.8) is 0 Å². The molecule has 2 N–H and O–H groups in total. The Morgan fingerprint density at radius 2 is 2.11 bits per heavy atom. The highest BCUT2D eigenvalue weighted by Gasteiger charge is 2.22. The van der Waals surface area contributed by atoms with Gasteiger partial charge in [-0.05, 0) is 20.8 Å². The van der Waals surface area contributed by atoms with Gasteiger partial charge in [-0.1, -0.05) is 11.6 Å². The Kier molecular flexibility index (Phi) is 4.60. The smallest absolute Gasteiger partial charge is 0.348 e. The lowest BCUT2D eigenvalue weighted by Crippen LogP contribution is -2.43. The second kappa shape index (κ2) is 5.79. The Balaban J connectivity index is 2.76. The van der Waals surface area contributed by atoms with E-state index in [1.54, 1.807) is 0 Å². The van der Waals surface area contributed by atoms with Crippen molar-refractivity contribution in [3.8, 4) is 0 Å². The molecule has 1 heterocycles. The molecule has 0 aliphatic carbocycles. The standard InChI is InChI=1S/C10H14ClN5O3/c1-10(2,3)15-6(17)4-12-9-7(16(18)19)8(11)13-5-14-9/h5H,4H2,1-3H3,(H,15,17)(H,12,13,14). The van der Waals surface area contributed by atoms with Gasteiger partial charge >= 0.3 is 5.69 Å². The van der Waals surface area contributed by atoms with E-state index in [-0.39, 0.29) is 29.0 Å². The summed E-state index contributed by atoms with van der Waals surface area (Å²) in [5.41, 5.74) is -0.832. The third-order valence-electron chi connectivity index (χ3n) is 1.89. The van der Waals surface area contributed by atoms with Gasteiger partial charge in [-0.2, -0.15) is 0 Å². The monoisotopic (exact) mass is 287 g/mol. The molecule has 0 saturated heterocycles. The molecule has 0 saturated carbocycles. The summed E-state index contributed by atoms with van der Waals surface area (Å²) >= 11 is 5.61. The van der Waals surface area contributed by atoms with Gasteiger partial charge < -0.3 is 10.6 Å². The minimum atomic E-state index is -0.702. The summed E-state index contributed by atoms with van der Waals surface area (Å²) in [4.78, 5) is 28.9. The minimum Gasteiger partial charge on any atom is -0.355 e. The summed E-state index contributed by atoms with van der Waals surface area (Å²) in [6.07, 6.45) is 1.08. The molecule has 19 heavy (non-hydrogen) atoms. The molecule has 8 nitrogen and oxygen atoms in total. The van der Waals surface area contributed by atoms with Gasteiger partial charge in [0.1, 0.15) is 6.33 Å². The first-order valence-corrected chi connectivity index (χ1v) is 5.78. The van der Waals surface area contributed by atoms with E-state index in [0.717, 1.165) is 6.33 Å². The number of carbonyl (C=O) groups excluding carboxylic acids is 1. The van der Waals surface area contributed by atoms with E-state index in [0.29, 0.717) is 0 Å². The Morgan fingerprint density at radius 1 is 1.47 bits per heavy atom. The topological polar surface area (TPSA) is 110 Å². The molecule has 0 atom stereocenters. The maximum Gasteiger partial charge on any atom is 0.348 e. The number of carbonyl (C=O) groups is 1. The normalized spacial score (nSPS) is 10.9. The third-order valence-corrected chi connectivity index (χ3v) is 2.17. The number of nitrogens with one attached hydrogen (secondary N) is 2. The Hall–Kier alpha value is -1.96. The fourth-order valence-corrected chi connectivity index (χ4v) is 1.48. The molecule has 1 amide bonds. The highest BCUT2D eigenvalue weighted by molar-refractivity contribution is 6.31. The van der Waals surface area contributed by atoms with Crippen LogP contribution in [0.1, 0.15) is 20.8 Å². The molecular weight excluding hydrogens is 274 g/mol. The van der Waals surface area contributed by atoms with E-state index < -0.39 is 10.6 Å². The van der Waals surface area contributed by atoms with Crippen LogP contribution in [-0.2, 0) is 4.79 Å². The number of nitro groups is 1. The average molecular weight is 288 g/mol. The van der Waals surface area contributed by atoms with Crippen molar-refractivity contribution in [1.29, 1.82) is 0 Å². The van der Waals surface area contributed by atoms with Crippen molar-refractivity contribution in [2.24, 2.45) is 0 Å². The number of hydrogen-bond acceptors (Lipinski definition) is 6. The molecule has 1 aromatic heterocycles. The second-order valence-electron chi connectivity index (χ2n) is 4.77. The van der Waals surface area contributed by atoms with Crippen molar-refractivity contribution in [1.82, 2.24) is 15.3 Å². The fourth-order valence-electron chi connectivity index (χ4n) is 1.27. The number of aromatic nitrogens is 2. The largest absolute Gasteiger partial charge is 0.355 e. The van der Waals surface area contributed by atoms with Crippen LogP contribution >= 0.6 is 11.6 Å². The Bertz CT molecular complexity index is 500. The van der Waals surface area contributed by atoms with E-state index in [9.17, 15) is 14.9 Å². The van der Waals surface area contributed by atoms with Gasteiger partial charge in [0, 0.05) is 5.54 Å². The second-order valence-corrected chi connectivity index (χ2v) is 5.13. The summed E-state index contributed by atoms with van der Waals surface area (Å²) in [5, 5.41) is 15.8. The van der Waals surface area contributed by atoms with E-state index in [1.165, 1.54) is 0 Å². The number of amides is 1. The molecule has 9 heteroatoms. The van der Waals surface area contributed by atoms with Gasteiger partial charge in [0.25, 0.3) is 0 Å². The van der Waals surface area contributed by atoms with Crippen LogP contribution in [0.15, 0.2) is 6.33 Å². The van der Waals surface area contributed by atoms with E-state index in [4.69, 9.17) is 11.6 Å². The van der Waals surface area contributed by atoms with Gasteiger partial charge in [-0.3, -0.25) is 14.9 Å². The molecule has 0 radical (unpaired) electrons. The first-order chi connectivity index (χ1) is 8.70. The molecular formula is C10H14ClN5O3. The van der Waals surface area contributed by atoms with Crippen LogP contribution in [0.5, 0.6) is 0 Å². The summed E-state index contributed by atoms with van der Waals surface area (Å²) in [6, 6.07) is 0. The van der Waals surface area contributed by atoms with Crippen LogP contribution in [-0.4, -0.2) is 32.9 Å². The zero-order valence-electron chi connectivity index (χ0n) is 10.7. The summed E-state index contributed by atoms with van der Waals surface area (Å²) in [7, 11) is 0. The zero-order valence-corrected chi connectivity index (χ0v) is 11.5. The van der Waals surface area contributed by atoms with Gasteiger partial charge in [0.15, 0.2) is 0 Å². The van der Waals surface area contributed by atoms with Crippen molar-refractivity contribution in [2.75, 3.05) is 11.9 Å². The van der Waals surface area contributed by atoms with Gasteiger partial charge in [-0.15, -0.1) is 0 Å². The zero-order chi connectivity index (χ0) is 14.6. The predicted octanol–water partition coefficient (Wildman–Crippen LogP) is 1.36. The van der Waals surface area contributed by atoms with E-state index in [2.05, 4.69) is 20.6 Å².